The molecule has 0 saturated carbocycles. The molecule has 0 radical (unpaired) electrons. The van der Waals surface area contributed by atoms with Crippen LogP contribution in [0.5, 0.6) is 5.75 Å². The van der Waals surface area contributed by atoms with Crippen LogP contribution in [0.2, 0.25) is 5.02 Å². The lowest BCUT2D eigenvalue weighted by molar-refractivity contribution is -0.130. The molecule has 1 amide bonds. The number of halogens is 1. The van der Waals surface area contributed by atoms with Gasteiger partial charge in [-0.15, -0.1) is 0 Å². The molecule has 2 heterocycles. The maximum atomic E-state index is 13.7. The van der Waals surface area contributed by atoms with Crippen LogP contribution in [-0.4, -0.2) is 39.9 Å². The van der Waals surface area contributed by atoms with Gasteiger partial charge in [-0.05, 0) is 35.4 Å². The number of aliphatic hydroxyl groups is 1. The van der Waals surface area contributed by atoms with Crippen molar-refractivity contribution in [3.05, 3.63) is 112 Å². The monoisotopic (exact) mass is 517 g/mol. The van der Waals surface area contributed by atoms with Crippen LogP contribution in [0.25, 0.3) is 11.0 Å². The lowest BCUT2D eigenvalue weighted by atomic mass is 9.95. The first-order valence-electron chi connectivity index (χ1n) is 11.2. The van der Waals surface area contributed by atoms with E-state index in [1.807, 2.05) is 0 Å². The van der Waals surface area contributed by atoms with E-state index in [2.05, 4.69) is 0 Å². The molecule has 2 N–H and O–H groups in total. The van der Waals surface area contributed by atoms with Crippen LogP contribution >= 0.6 is 11.6 Å². The summed E-state index contributed by atoms with van der Waals surface area (Å²) in [5, 5.41) is 21.0. The summed E-state index contributed by atoms with van der Waals surface area (Å²) >= 11 is 6.15. The van der Waals surface area contributed by atoms with Gasteiger partial charge in [0.2, 0.25) is 5.78 Å². The zero-order valence-electron chi connectivity index (χ0n) is 19.5. The Morgan fingerprint density at radius 1 is 1.05 bits per heavy atom. The SMILES string of the molecule is COc1cc(Cl)cc2cc(C(=O)C3=C(O)C(=O)N(Cc4ccc(C(=O)O)cc4)C3c3ccccc3)oc12. The zero-order valence-corrected chi connectivity index (χ0v) is 20.2. The number of methoxy groups -OCH3 is 1. The number of aliphatic hydroxyl groups excluding tert-OH is 1. The molecule has 8 nitrogen and oxygen atoms in total. The van der Waals surface area contributed by atoms with Crippen molar-refractivity contribution in [3.8, 4) is 5.75 Å². The van der Waals surface area contributed by atoms with E-state index < -0.39 is 29.5 Å². The van der Waals surface area contributed by atoms with E-state index in [4.69, 9.17) is 25.9 Å². The lowest BCUT2D eigenvalue weighted by Gasteiger charge is -2.26. The fraction of sp³-hybridized carbons (Fsp3) is 0.107. The van der Waals surface area contributed by atoms with Gasteiger partial charge in [0.05, 0.1) is 24.3 Å². The Labute approximate surface area is 215 Å². The quantitative estimate of drug-likeness (QED) is 0.308. The van der Waals surface area contributed by atoms with Crippen LogP contribution in [0, 0.1) is 0 Å². The van der Waals surface area contributed by atoms with Gasteiger partial charge >= 0.3 is 5.97 Å². The predicted octanol–water partition coefficient (Wildman–Crippen LogP) is 5.57. The van der Waals surface area contributed by atoms with Gasteiger partial charge in [0.25, 0.3) is 5.91 Å². The second kappa shape index (κ2) is 9.48. The number of carbonyl (C=O) groups excluding carboxylic acids is 2. The summed E-state index contributed by atoms with van der Waals surface area (Å²) in [6.07, 6.45) is 0. The first kappa shape index (κ1) is 24.1. The van der Waals surface area contributed by atoms with Crippen LogP contribution in [0.4, 0.5) is 0 Å². The summed E-state index contributed by atoms with van der Waals surface area (Å²) in [7, 11) is 1.45. The Kier molecular flexibility index (Phi) is 6.19. The van der Waals surface area contributed by atoms with Crippen LogP contribution in [0.15, 0.2) is 88.5 Å². The summed E-state index contributed by atoms with van der Waals surface area (Å²) in [4.78, 5) is 39.5. The number of benzene rings is 3. The van der Waals surface area contributed by atoms with Gasteiger partial charge in [-0.2, -0.15) is 0 Å². The van der Waals surface area contributed by atoms with E-state index >= 15 is 0 Å². The molecular formula is C28H20ClNO7. The maximum absolute atomic E-state index is 13.7. The molecule has 1 aliphatic rings. The molecular weight excluding hydrogens is 498 g/mol. The number of aromatic carboxylic acids is 1. The van der Waals surface area contributed by atoms with Crippen LogP contribution < -0.4 is 4.74 Å². The normalized spacial score (nSPS) is 15.5. The van der Waals surface area contributed by atoms with Crippen LogP contribution in [0.1, 0.15) is 38.1 Å². The maximum Gasteiger partial charge on any atom is 0.335 e. The number of hydrogen-bond acceptors (Lipinski definition) is 6. The second-order valence-corrected chi connectivity index (χ2v) is 8.91. The molecule has 37 heavy (non-hydrogen) atoms. The molecule has 186 valence electrons. The van der Waals surface area contributed by atoms with Gasteiger partial charge < -0.3 is 24.3 Å². The Morgan fingerprint density at radius 2 is 1.76 bits per heavy atom. The largest absolute Gasteiger partial charge is 0.503 e. The van der Waals surface area contributed by atoms with E-state index in [-0.39, 0.29) is 23.4 Å². The van der Waals surface area contributed by atoms with Crippen molar-refractivity contribution in [3.63, 3.8) is 0 Å². The number of fused-ring (bicyclic) bond motifs is 1. The Balaban J connectivity index is 1.57. The van der Waals surface area contributed by atoms with Crippen molar-refractivity contribution in [2.75, 3.05) is 7.11 Å². The third kappa shape index (κ3) is 4.32. The highest BCUT2D eigenvalue weighted by atomic mass is 35.5. The first-order chi connectivity index (χ1) is 17.8. The van der Waals surface area contributed by atoms with Gasteiger partial charge in [0.15, 0.2) is 22.9 Å². The number of ether oxygens (including phenoxy) is 1. The van der Waals surface area contributed by atoms with Crippen LogP contribution in [0.3, 0.4) is 0 Å². The van der Waals surface area contributed by atoms with Gasteiger partial charge in [-0.1, -0.05) is 54.1 Å². The topological polar surface area (TPSA) is 117 Å². The summed E-state index contributed by atoms with van der Waals surface area (Å²) in [5.41, 5.74) is 1.54. The Morgan fingerprint density at radius 3 is 2.41 bits per heavy atom. The number of carboxylic acid groups (broad SMARTS) is 1. The van der Waals surface area contributed by atoms with E-state index in [0.29, 0.717) is 32.9 Å². The van der Waals surface area contributed by atoms with Crippen molar-refractivity contribution in [2.24, 2.45) is 0 Å². The zero-order chi connectivity index (χ0) is 26.3. The molecule has 0 bridgehead atoms. The minimum atomic E-state index is -1.07. The van der Waals surface area contributed by atoms with E-state index in [1.165, 1.54) is 30.2 Å². The number of ketones is 1. The third-order valence-corrected chi connectivity index (χ3v) is 6.43. The molecule has 4 aromatic rings. The second-order valence-electron chi connectivity index (χ2n) is 8.48. The summed E-state index contributed by atoms with van der Waals surface area (Å²) in [6, 6.07) is 18.7. The molecule has 0 fully saturated rings. The average molecular weight is 518 g/mol. The number of rotatable bonds is 7. The summed E-state index contributed by atoms with van der Waals surface area (Å²) < 4.78 is 11.1. The van der Waals surface area contributed by atoms with Crippen molar-refractivity contribution in [1.82, 2.24) is 4.90 Å². The fourth-order valence-electron chi connectivity index (χ4n) is 4.46. The lowest BCUT2D eigenvalue weighted by Crippen LogP contribution is -2.30. The van der Waals surface area contributed by atoms with Crippen LogP contribution in [-0.2, 0) is 11.3 Å². The van der Waals surface area contributed by atoms with Crippen molar-refractivity contribution >= 4 is 40.2 Å². The Bertz CT molecular complexity index is 1570. The average Bonchev–Trinajstić information content (AvgIpc) is 3.43. The van der Waals surface area contributed by atoms with Gasteiger partial charge in [0, 0.05) is 23.0 Å². The van der Waals surface area contributed by atoms with Gasteiger partial charge in [-0.25, -0.2) is 4.79 Å². The molecule has 1 aliphatic heterocycles. The predicted molar refractivity (Wildman–Crippen MR) is 135 cm³/mol. The minimum absolute atomic E-state index is 0.0305. The van der Waals surface area contributed by atoms with E-state index in [1.54, 1.807) is 54.6 Å². The number of furan rings is 1. The summed E-state index contributed by atoms with van der Waals surface area (Å²) in [5.74, 6) is -2.87. The molecule has 1 atom stereocenters. The third-order valence-electron chi connectivity index (χ3n) is 6.21. The molecule has 3 aromatic carbocycles. The highest BCUT2D eigenvalue weighted by Gasteiger charge is 2.44. The van der Waals surface area contributed by atoms with E-state index in [9.17, 15) is 19.5 Å². The van der Waals surface area contributed by atoms with Crippen molar-refractivity contribution in [2.45, 2.75) is 12.6 Å². The molecule has 0 spiro atoms. The number of Topliss-reactive ketones (excluding diaryl/α,β-unsaturated/α-hetero) is 1. The molecule has 0 aliphatic carbocycles. The molecule has 9 heteroatoms. The van der Waals surface area contributed by atoms with Gasteiger partial charge in [-0.3, -0.25) is 9.59 Å². The van der Waals surface area contributed by atoms with E-state index in [0.717, 1.165) is 0 Å². The summed E-state index contributed by atoms with van der Waals surface area (Å²) in [6.45, 7) is 0.0305. The molecule has 0 saturated heterocycles. The fourth-order valence-corrected chi connectivity index (χ4v) is 4.68. The number of hydrogen-bond donors (Lipinski definition) is 2. The first-order valence-corrected chi connectivity index (χ1v) is 11.6. The smallest absolute Gasteiger partial charge is 0.335 e. The van der Waals surface area contributed by atoms with Crippen molar-refractivity contribution < 1.29 is 33.8 Å². The Hall–Kier alpha value is -4.56. The molecule has 1 aromatic heterocycles. The number of carboxylic acids is 1. The standard InChI is InChI=1S/C28H20ClNO7/c1-36-21-13-19(29)11-18-12-20(37-26(18)21)24(31)22-23(16-5-3-2-4-6-16)30(27(33)25(22)32)14-15-7-9-17(10-8-15)28(34)35/h2-13,23,32H,14H2,1H3,(H,34,35). The number of carbonyl (C=O) groups is 3. The molecule has 1 unspecified atom stereocenters. The minimum Gasteiger partial charge on any atom is -0.503 e. The highest BCUT2D eigenvalue weighted by Crippen LogP contribution is 2.41. The number of nitrogens with zero attached hydrogens (tertiary/aromatic N) is 1. The molecule has 5 rings (SSSR count). The highest BCUT2D eigenvalue weighted by molar-refractivity contribution is 6.31. The van der Waals surface area contributed by atoms with Crippen molar-refractivity contribution in [1.29, 1.82) is 0 Å². The number of amides is 1. The van der Waals surface area contributed by atoms with Gasteiger partial charge in [0.1, 0.15) is 0 Å².